The molecule has 1 amide bonds. The molecule has 0 radical (unpaired) electrons. The smallest absolute Gasteiger partial charge is 0.272 e. The molecule has 0 bridgehead atoms. The molecule has 0 unspecified atom stereocenters. The fourth-order valence-electron chi connectivity index (χ4n) is 1.22. The molecule has 0 heterocycles. The normalized spacial score (nSPS) is 11.4. The van der Waals surface area contributed by atoms with Crippen LogP contribution in [0.25, 0.3) is 0 Å². The van der Waals surface area contributed by atoms with Crippen LogP contribution in [0.15, 0.2) is 18.2 Å². The van der Waals surface area contributed by atoms with Crippen molar-refractivity contribution in [2.24, 2.45) is 5.73 Å². The molecule has 7 heteroatoms. The number of alkyl halides is 3. The SMILES string of the molecule is NCc1cc(Cl)cc(CNC(=O)C(Cl)(Cl)Cl)c1. The Kier molecular flexibility index (Phi) is 5.35. The Morgan fingerprint density at radius 3 is 2.35 bits per heavy atom. The highest BCUT2D eigenvalue weighted by atomic mass is 35.6. The molecule has 0 aromatic heterocycles. The van der Waals surface area contributed by atoms with Crippen LogP contribution in [0.1, 0.15) is 11.1 Å². The highest BCUT2D eigenvalue weighted by molar-refractivity contribution is 6.76. The Bertz CT molecular complexity index is 417. The predicted molar refractivity (Wildman–Crippen MR) is 71.5 cm³/mol. The molecule has 0 spiro atoms. The molecule has 0 saturated heterocycles. The van der Waals surface area contributed by atoms with Crippen LogP contribution in [0.3, 0.4) is 0 Å². The zero-order chi connectivity index (χ0) is 13.1. The van der Waals surface area contributed by atoms with E-state index in [2.05, 4.69) is 5.32 Å². The van der Waals surface area contributed by atoms with Gasteiger partial charge in [0.05, 0.1) is 0 Å². The number of benzene rings is 1. The molecular formula is C10H10Cl4N2O. The molecule has 1 aromatic rings. The van der Waals surface area contributed by atoms with Crippen molar-refractivity contribution >= 4 is 52.3 Å². The van der Waals surface area contributed by atoms with Crippen LogP contribution in [-0.2, 0) is 17.9 Å². The lowest BCUT2D eigenvalue weighted by Gasteiger charge is -2.12. The van der Waals surface area contributed by atoms with Gasteiger partial charge in [-0.3, -0.25) is 4.79 Å². The number of nitrogens with two attached hydrogens (primary N) is 1. The lowest BCUT2D eigenvalue weighted by molar-refractivity contribution is -0.120. The maximum atomic E-state index is 11.3. The Hall–Kier alpha value is -0.190. The summed E-state index contributed by atoms with van der Waals surface area (Å²) in [6.45, 7) is 0.590. The van der Waals surface area contributed by atoms with Crippen LogP contribution in [0, 0.1) is 0 Å². The molecule has 3 N–H and O–H groups in total. The maximum Gasteiger partial charge on any atom is 0.272 e. The van der Waals surface area contributed by atoms with Crippen molar-refractivity contribution in [2.45, 2.75) is 16.9 Å². The van der Waals surface area contributed by atoms with E-state index < -0.39 is 9.70 Å². The van der Waals surface area contributed by atoms with Crippen LogP contribution >= 0.6 is 46.4 Å². The summed E-state index contributed by atoms with van der Waals surface area (Å²) in [6, 6.07) is 5.28. The zero-order valence-corrected chi connectivity index (χ0v) is 11.7. The minimum atomic E-state index is -1.96. The number of hydrogen-bond donors (Lipinski definition) is 2. The summed E-state index contributed by atoms with van der Waals surface area (Å²) in [6.07, 6.45) is 0. The molecule has 0 atom stereocenters. The average molecular weight is 316 g/mol. The van der Waals surface area contributed by atoms with Gasteiger partial charge in [0.1, 0.15) is 0 Å². The molecular weight excluding hydrogens is 306 g/mol. The van der Waals surface area contributed by atoms with Crippen molar-refractivity contribution in [3.8, 4) is 0 Å². The third kappa shape index (κ3) is 4.90. The third-order valence-corrected chi connectivity index (χ3v) is 2.70. The van der Waals surface area contributed by atoms with Crippen LogP contribution < -0.4 is 11.1 Å². The van der Waals surface area contributed by atoms with Crippen molar-refractivity contribution in [3.05, 3.63) is 34.3 Å². The van der Waals surface area contributed by atoms with Gasteiger partial charge in [-0.2, -0.15) is 0 Å². The van der Waals surface area contributed by atoms with Crippen molar-refractivity contribution < 1.29 is 4.79 Å². The minimum absolute atomic E-state index is 0.223. The lowest BCUT2D eigenvalue weighted by Crippen LogP contribution is -2.34. The van der Waals surface area contributed by atoms with Gasteiger partial charge in [0, 0.05) is 18.1 Å². The van der Waals surface area contributed by atoms with Crippen molar-refractivity contribution in [2.75, 3.05) is 0 Å². The van der Waals surface area contributed by atoms with Crippen LogP contribution in [0.5, 0.6) is 0 Å². The van der Waals surface area contributed by atoms with E-state index >= 15 is 0 Å². The molecule has 0 aliphatic carbocycles. The molecule has 0 aliphatic rings. The van der Waals surface area contributed by atoms with Crippen LogP contribution in [0.4, 0.5) is 0 Å². The highest BCUT2D eigenvalue weighted by Crippen LogP contribution is 2.26. The van der Waals surface area contributed by atoms with E-state index in [9.17, 15) is 4.79 Å². The number of carbonyl (C=O) groups excluding carboxylic acids is 1. The van der Waals surface area contributed by atoms with Gasteiger partial charge in [0.2, 0.25) is 0 Å². The second kappa shape index (κ2) is 6.12. The number of hydrogen-bond acceptors (Lipinski definition) is 2. The third-order valence-electron chi connectivity index (χ3n) is 1.96. The van der Waals surface area contributed by atoms with E-state index in [1.165, 1.54) is 0 Å². The number of rotatable bonds is 3. The van der Waals surface area contributed by atoms with Gasteiger partial charge in [-0.05, 0) is 23.3 Å². The molecule has 0 saturated carbocycles. The van der Waals surface area contributed by atoms with E-state index in [0.29, 0.717) is 11.6 Å². The van der Waals surface area contributed by atoms with Gasteiger partial charge in [0.25, 0.3) is 9.70 Å². The summed E-state index contributed by atoms with van der Waals surface area (Å²) in [4.78, 5) is 11.3. The topological polar surface area (TPSA) is 55.1 Å². The summed E-state index contributed by atoms with van der Waals surface area (Å²) in [7, 11) is 0. The summed E-state index contributed by atoms with van der Waals surface area (Å²) in [5, 5.41) is 3.03. The first kappa shape index (κ1) is 14.9. The first-order valence-electron chi connectivity index (χ1n) is 4.66. The van der Waals surface area contributed by atoms with Gasteiger partial charge in [-0.15, -0.1) is 0 Å². The molecule has 0 fully saturated rings. The Morgan fingerprint density at radius 1 is 1.24 bits per heavy atom. The second-order valence-corrected chi connectivity index (χ2v) is 6.07. The van der Waals surface area contributed by atoms with E-state index in [1.807, 2.05) is 6.07 Å². The monoisotopic (exact) mass is 314 g/mol. The minimum Gasteiger partial charge on any atom is -0.348 e. The van der Waals surface area contributed by atoms with E-state index in [-0.39, 0.29) is 6.54 Å². The Labute approximate surface area is 119 Å². The number of nitrogens with one attached hydrogen (secondary N) is 1. The Morgan fingerprint density at radius 2 is 1.82 bits per heavy atom. The fourth-order valence-corrected chi connectivity index (χ4v) is 1.70. The predicted octanol–water partition coefficient (Wildman–Crippen LogP) is 2.79. The zero-order valence-electron chi connectivity index (χ0n) is 8.64. The van der Waals surface area contributed by atoms with Gasteiger partial charge in [-0.25, -0.2) is 0 Å². The van der Waals surface area contributed by atoms with E-state index in [0.717, 1.165) is 11.1 Å². The van der Waals surface area contributed by atoms with Gasteiger partial charge < -0.3 is 11.1 Å². The molecule has 17 heavy (non-hydrogen) atoms. The van der Waals surface area contributed by atoms with Crippen LogP contribution in [0.2, 0.25) is 5.02 Å². The van der Waals surface area contributed by atoms with Crippen molar-refractivity contribution in [1.82, 2.24) is 5.32 Å². The van der Waals surface area contributed by atoms with Crippen LogP contribution in [-0.4, -0.2) is 9.70 Å². The fraction of sp³-hybridized carbons (Fsp3) is 0.300. The highest BCUT2D eigenvalue weighted by Gasteiger charge is 2.30. The van der Waals surface area contributed by atoms with E-state index in [4.69, 9.17) is 52.1 Å². The first-order chi connectivity index (χ1) is 7.82. The quantitative estimate of drug-likeness (QED) is 0.843. The molecule has 0 aliphatic heterocycles. The standard InChI is InChI=1S/C10H10Cl4N2O/c11-8-2-6(4-15)1-7(3-8)5-16-9(17)10(12,13)14/h1-3H,4-5,15H2,(H,16,17). The van der Waals surface area contributed by atoms with Gasteiger partial charge in [0.15, 0.2) is 0 Å². The van der Waals surface area contributed by atoms with Gasteiger partial charge in [-0.1, -0.05) is 52.5 Å². The molecule has 94 valence electrons. The number of amides is 1. The van der Waals surface area contributed by atoms with Crippen molar-refractivity contribution in [1.29, 1.82) is 0 Å². The molecule has 3 nitrogen and oxygen atoms in total. The number of carbonyl (C=O) groups is 1. The largest absolute Gasteiger partial charge is 0.348 e. The second-order valence-electron chi connectivity index (χ2n) is 3.35. The summed E-state index contributed by atoms with van der Waals surface area (Å²) < 4.78 is -1.96. The summed E-state index contributed by atoms with van der Waals surface area (Å²) in [5.74, 6) is -0.684. The maximum absolute atomic E-state index is 11.3. The molecule has 1 aromatic carbocycles. The average Bonchev–Trinajstić information content (AvgIpc) is 2.23. The summed E-state index contributed by atoms with van der Waals surface area (Å²) >= 11 is 22.1. The Balaban J connectivity index is 2.70. The van der Waals surface area contributed by atoms with E-state index in [1.54, 1.807) is 12.1 Å². The number of halogens is 4. The first-order valence-corrected chi connectivity index (χ1v) is 6.17. The van der Waals surface area contributed by atoms with Gasteiger partial charge >= 0.3 is 0 Å². The van der Waals surface area contributed by atoms with Crippen molar-refractivity contribution in [3.63, 3.8) is 0 Å². The lowest BCUT2D eigenvalue weighted by atomic mass is 10.1. The molecule has 1 rings (SSSR count). The summed E-state index contributed by atoms with van der Waals surface area (Å²) in [5.41, 5.74) is 7.17.